The molecule has 0 bridgehead atoms. The number of thiazole rings is 1. The van der Waals surface area contributed by atoms with Gasteiger partial charge in [0.15, 0.2) is 5.13 Å². The van der Waals surface area contributed by atoms with Crippen LogP contribution in [0, 0.1) is 5.53 Å². The number of hydrogen-bond acceptors (Lipinski definition) is 6. The molecule has 1 aromatic carbocycles. The molecule has 1 N–H and O–H groups in total. The van der Waals surface area contributed by atoms with Gasteiger partial charge >= 0.3 is 0 Å². The van der Waals surface area contributed by atoms with Crippen molar-refractivity contribution >= 4 is 32.4 Å². The minimum atomic E-state index is 0.393. The monoisotopic (exact) mass is 362 g/mol. The Morgan fingerprint density at radius 1 is 1.20 bits per heavy atom. The van der Waals surface area contributed by atoms with E-state index in [0.717, 1.165) is 21.8 Å². The molecule has 6 heteroatoms. The topological polar surface area (TPSA) is 61.6 Å². The van der Waals surface area contributed by atoms with E-state index in [-0.39, 0.29) is 0 Å². The molecule has 2 aromatic rings. The van der Waals surface area contributed by atoms with Crippen LogP contribution in [0.3, 0.4) is 0 Å². The number of hydrogen-bond donors (Lipinski definition) is 1. The fourth-order valence-corrected chi connectivity index (χ4v) is 3.65. The lowest BCUT2D eigenvalue weighted by atomic mass is 10.1. The smallest absolute Gasteiger partial charge is 0.186 e. The molecule has 0 atom stereocenters. The molecule has 0 aliphatic heterocycles. The van der Waals surface area contributed by atoms with Gasteiger partial charge in [-0.2, -0.15) is 5.11 Å². The number of unbranched alkanes of at least 4 members (excludes halogenated alkanes) is 5. The van der Waals surface area contributed by atoms with E-state index in [1.54, 1.807) is 11.3 Å². The van der Waals surface area contributed by atoms with Gasteiger partial charge in [-0.25, -0.2) is 10.5 Å². The number of aromatic nitrogens is 1. The predicted octanol–water partition coefficient (Wildman–Crippen LogP) is 6.54. The first-order valence-electron chi connectivity index (χ1n) is 9.24. The molecule has 0 aliphatic carbocycles. The van der Waals surface area contributed by atoms with Gasteiger partial charge in [0, 0.05) is 19.2 Å². The highest BCUT2D eigenvalue weighted by molar-refractivity contribution is 7.22. The molecule has 1 aromatic heterocycles. The van der Waals surface area contributed by atoms with Crippen molar-refractivity contribution < 1.29 is 4.74 Å². The summed E-state index contributed by atoms with van der Waals surface area (Å²) in [7, 11) is 2.05. The minimum absolute atomic E-state index is 0.393. The molecular formula is C19H30N4OS. The van der Waals surface area contributed by atoms with Crippen LogP contribution in [-0.2, 0) is 0 Å². The maximum absolute atomic E-state index is 7.43. The van der Waals surface area contributed by atoms with E-state index in [1.165, 1.54) is 32.1 Å². The lowest BCUT2D eigenvalue weighted by Crippen LogP contribution is -2.25. The Bertz CT molecular complexity index is 683. The fourth-order valence-electron chi connectivity index (χ4n) is 2.57. The van der Waals surface area contributed by atoms with Crippen LogP contribution in [0.25, 0.3) is 10.2 Å². The van der Waals surface area contributed by atoms with E-state index >= 15 is 0 Å². The Kier molecular flexibility index (Phi) is 7.62. The van der Waals surface area contributed by atoms with Gasteiger partial charge in [0.1, 0.15) is 11.4 Å². The second-order valence-electron chi connectivity index (χ2n) is 6.72. The van der Waals surface area contributed by atoms with Crippen molar-refractivity contribution in [2.45, 2.75) is 65.3 Å². The van der Waals surface area contributed by atoms with Gasteiger partial charge in [0.05, 0.1) is 16.8 Å². The van der Waals surface area contributed by atoms with Gasteiger partial charge in [-0.3, -0.25) is 0 Å². The van der Waals surface area contributed by atoms with Crippen molar-refractivity contribution in [2.24, 2.45) is 5.11 Å². The molecule has 5 nitrogen and oxygen atoms in total. The van der Waals surface area contributed by atoms with Crippen LogP contribution in [0.1, 0.15) is 59.3 Å². The third-order valence-electron chi connectivity index (χ3n) is 4.41. The highest BCUT2D eigenvalue weighted by Crippen LogP contribution is 2.37. The quantitative estimate of drug-likeness (QED) is 0.364. The maximum atomic E-state index is 7.43. The van der Waals surface area contributed by atoms with Crippen LogP contribution in [0.4, 0.5) is 10.8 Å². The average Bonchev–Trinajstić information content (AvgIpc) is 3.02. The summed E-state index contributed by atoms with van der Waals surface area (Å²) >= 11 is 1.63. The van der Waals surface area contributed by atoms with E-state index in [2.05, 4.69) is 30.8 Å². The van der Waals surface area contributed by atoms with Crippen LogP contribution in [-0.4, -0.2) is 24.7 Å². The second-order valence-corrected chi connectivity index (χ2v) is 7.73. The van der Waals surface area contributed by atoms with Crippen LogP contribution in [0.5, 0.6) is 5.75 Å². The number of rotatable bonds is 11. The summed E-state index contributed by atoms with van der Waals surface area (Å²) in [5.74, 6) is 0.667. The molecule has 138 valence electrons. The lowest BCUT2D eigenvalue weighted by molar-refractivity contribution is 0.305. The van der Waals surface area contributed by atoms with E-state index in [9.17, 15) is 0 Å². The molecule has 2 rings (SSSR count). The number of nitrogens with zero attached hydrogens (tertiary/aromatic N) is 3. The Balaban J connectivity index is 2.02. The summed E-state index contributed by atoms with van der Waals surface area (Å²) < 4.78 is 6.94. The lowest BCUT2D eigenvalue weighted by Gasteiger charge is -2.19. The summed E-state index contributed by atoms with van der Waals surface area (Å²) in [4.78, 5) is 6.86. The van der Waals surface area contributed by atoms with Crippen LogP contribution in [0.15, 0.2) is 17.2 Å². The van der Waals surface area contributed by atoms with Gasteiger partial charge in [0.2, 0.25) is 0 Å². The second kappa shape index (κ2) is 9.70. The number of anilines is 1. The molecule has 0 amide bonds. The van der Waals surface area contributed by atoms with Crippen LogP contribution in [0.2, 0.25) is 0 Å². The molecule has 0 saturated heterocycles. The van der Waals surface area contributed by atoms with Gasteiger partial charge < -0.3 is 9.64 Å². The summed E-state index contributed by atoms with van der Waals surface area (Å²) in [6.07, 6.45) is 7.39. The maximum Gasteiger partial charge on any atom is 0.186 e. The molecular weight excluding hydrogens is 332 g/mol. The Morgan fingerprint density at radius 3 is 2.60 bits per heavy atom. The zero-order chi connectivity index (χ0) is 18.2. The van der Waals surface area contributed by atoms with Crippen molar-refractivity contribution in [3.8, 4) is 5.75 Å². The average molecular weight is 363 g/mol. The summed E-state index contributed by atoms with van der Waals surface area (Å²) in [6.45, 7) is 7.19. The van der Waals surface area contributed by atoms with Crippen molar-refractivity contribution in [2.75, 3.05) is 18.6 Å². The first-order valence-corrected chi connectivity index (χ1v) is 10.1. The highest BCUT2D eigenvalue weighted by Gasteiger charge is 2.14. The Hall–Kier alpha value is -1.69. The zero-order valence-corrected chi connectivity index (χ0v) is 16.7. The summed E-state index contributed by atoms with van der Waals surface area (Å²) in [5, 5.41) is 4.62. The van der Waals surface area contributed by atoms with Crippen LogP contribution < -0.4 is 9.64 Å². The Morgan fingerprint density at radius 2 is 1.92 bits per heavy atom. The molecule has 25 heavy (non-hydrogen) atoms. The molecule has 0 radical (unpaired) electrons. The van der Waals surface area contributed by atoms with Crippen molar-refractivity contribution in [1.82, 2.24) is 4.98 Å². The molecule has 0 fully saturated rings. The molecule has 0 aliphatic rings. The first kappa shape index (κ1) is 19.6. The molecule has 0 saturated carbocycles. The third kappa shape index (κ3) is 5.39. The van der Waals surface area contributed by atoms with Crippen molar-refractivity contribution in [3.63, 3.8) is 0 Å². The normalized spacial score (nSPS) is 11.2. The number of benzene rings is 1. The van der Waals surface area contributed by atoms with Gasteiger partial charge in [0.25, 0.3) is 0 Å². The van der Waals surface area contributed by atoms with E-state index in [4.69, 9.17) is 15.3 Å². The van der Waals surface area contributed by atoms with E-state index < -0.39 is 0 Å². The first-order chi connectivity index (χ1) is 12.1. The molecule has 0 spiro atoms. The molecule has 0 unspecified atom stereocenters. The predicted molar refractivity (Wildman–Crippen MR) is 107 cm³/mol. The van der Waals surface area contributed by atoms with E-state index in [1.807, 2.05) is 19.2 Å². The Labute approximate surface area is 154 Å². The minimum Gasteiger partial charge on any atom is -0.491 e. The largest absolute Gasteiger partial charge is 0.491 e. The number of nitrogens with one attached hydrogen (secondary N) is 1. The summed E-state index contributed by atoms with van der Waals surface area (Å²) in [6, 6.07) is 4.23. The number of ether oxygens (including phenoxy) is 1. The SMILES string of the molecule is CCCCCCCCOc1cc2nc(N(C)C(C)C)sc2cc1N=N. The van der Waals surface area contributed by atoms with Gasteiger partial charge in [-0.15, -0.1) is 0 Å². The molecule has 1 heterocycles. The third-order valence-corrected chi connectivity index (χ3v) is 5.52. The van der Waals surface area contributed by atoms with Gasteiger partial charge in [-0.1, -0.05) is 50.4 Å². The van der Waals surface area contributed by atoms with Crippen molar-refractivity contribution in [1.29, 1.82) is 5.53 Å². The highest BCUT2D eigenvalue weighted by atomic mass is 32.1. The standard InChI is InChI=1S/C19H30N4OS/c1-5-6-7-8-9-10-11-24-17-12-16-18(13-15(17)22-20)25-19(21-16)23(4)14(2)3/h12-14,20H,5-11H2,1-4H3. The zero-order valence-electron chi connectivity index (χ0n) is 15.8. The van der Waals surface area contributed by atoms with Crippen LogP contribution >= 0.6 is 11.3 Å². The fraction of sp³-hybridized carbons (Fsp3) is 0.632. The summed E-state index contributed by atoms with van der Waals surface area (Å²) in [5.41, 5.74) is 8.93. The van der Waals surface area contributed by atoms with Gasteiger partial charge in [-0.05, 0) is 26.3 Å². The van der Waals surface area contributed by atoms with E-state index in [0.29, 0.717) is 24.1 Å². The number of fused-ring (bicyclic) bond motifs is 1. The van der Waals surface area contributed by atoms with Crippen molar-refractivity contribution in [3.05, 3.63) is 12.1 Å².